The van der Waals surface area contributed by atoms with Crippen LogP contribution in [-0.2, 0) is 7.05 Å². The second-order valence-corrected chi connectivity index (χ2v) is 2.99. The molecular formula is C12H19NO. The number of unbranched alkanes of at least 4 members (excludes halogenated alkanes) is 2. The molecule has 0 saturated carbocycles. The van der Waals surface area contributed by atoms with Crippen molar-refractivity contribution in [2.45, 2.75) is 19.3 Å². The molecule has 1 N–H and O–H groups in total. The van der Waals surface area contributed by atoms with Crippen molar-refractivity contribution >= 4 is 0 Å². The molecule has 1 aromatic heterocycles. The summed E-state index contributed by atoms with van der Waals surface area (Å²) < 4.78 is 1.64. The minimum atomic E-state index is 0.306. The number of nitrogens with zero attached hydrogens (tertiary/aromatic N) is 1. The van der Waals surface area contributed by atoms with Crippen molar-refractivity contribution in [2.75, 3.05) is 0 Å². The third-order valence-electron chi connectivity index (χ3n) is 1.73. The van der Waals surface area contributed by atoms with Gasteiger partial charge in [-0.1, -0.05) is 12.2 Å². The van der Waals surface area contributed by atoms with Crippen molar-refractivity contribution in [3.05, 3.63) is 43.6 Å². The SMILES string of the molecule is C=CCCCC=C.Cn1cccc1O. The highest BCUT2D eigenvalue weighted by Crippen LogP contribution is 2.04. The van der Waals surface area contributed by atoms with Crippen molar-refractivity contribution in [3.63, 3.8) is 0 Å². The molecule has 0 saturated heterocycles. The van der Waals surface area contributed by atoms with Crippen LogP contribution >= 0.6 is 0 Å². The van der Waals surface area contributed by atoms with Crippen LogP contribution < -0.4 is 0 Å². The van der Waals surface area contributed by atoms with Gasteiger partial charge >= 0.3 is 0 Å². The van der Waals surface area contributed by atoms with Crippen LogP contribution in [0, 0.1) is 0 Å². The van der Waals surface area contributed by atoms with Gasteiger partial charge in [0, 0.05) is 13.2 Å². The Bertz CT molecular complexity index is 239. The van der Waals surface area contributed by atoms with Gasteiger partial charge in [-0.2, -0.15) is 0 Å². The molecule has 0 aromatic carbocycles. The van der Waals surface area contributed by atoms with Gasteiger partial charge in [-0.05, 0) is 31.4 Å². The molecule has 2 heteroatoms. The molecule has 0 radical (unpaired) electrons. The molecule has 0 atom stereocenters. The van der Waals surface area contributed by atoms with Crippen LogP contribution in [0.4, 0.5) is 0 Å². The molecule has 0 unspecified atom stereocenters. The first-order valence-corrected chi connectivity index (χ1v) is 4.74. The van der Waals surface area contributed by atoms with Gasteiger partial charge in [0.2, 0.25) is 0 Å². The Morgan fingerprint density at radius 1 is 1.36 bits per heavy atom. The Hall–Kier alpha value is -1.44. The van der Waals surface area contributed by atoms with Gasteiger partial charge in [-0.25, -0.2) is 0 Å². The normalized spacial score (nSPS) is 8.64. The van der Waals surface area contributed by atoms with E-state index in [9.17, 15) is 0 Å². The molecule has 14 heavy (non-hydrogen) atoms. The molecule has 1 heterocycles. The van der Waals surface area contributed by atoms with Gasteiger partial charge in [0.15, 0.2) is 5.88 Å². The summed E-state index contributed by atoms with van der Waals surface area (Å²) in [6.45, 7) is 7.20. The molecule has 0 spiro atoms. The first-order chi connectivity index (χ1) is 6.72. The molecule has 2 nitrogen and oxygen atoms in total. The Labute approximate surface area is 86.2 Å². The van der Waals surface area contributed by atoms with Gasteiger partial charge in [0.25, 0.3) is 0 Å². The summed E-state index contributed by atoms with van der Waals surface area (Å²) in [5.74, 6) is 0.306. The Balaban J connectivity index is 0.000000241. The topological polar surface area (TPSA) is 25.2 Å². The van der Waals surface area contributed by atoms with E-state index in [1.165, 1.54) is 6.42 Å². The average molecular weight is 193 g/mol. The number of aromatic hydroxyl groups is 1. The summed E-state index contributed by atoms with van der Waals surface area (Å²) in [5.41, 5.74) is 0. The summed E-state index contributed by atoms with van der Waals surface area (Å²) in [6.07, 6.45) is 9.09. The second-order valence-electron chi connectivity index (χ2n) is 2.99. The van der Waals surface area contributed by atoms with Crippen LogP contribution in [0.2, 0.25) is 0 Å². The maximum absolute atomic E-state index is 8.72. The lowest BCUT2D eigenvalue weighted by atomic mass is 10.2. The molecule has 0 aliphatic rings. The van der Waals surface area contributed by atoms with Crippen LogP contribution in [0.25, 0.3) is 0 Å². The molecule has 0 fully saturated rings. The van der Waals surface area contributed by atoms with E-state index >= 15 is 0 Å². The number of hydrogen-bond donors (Lipinski definition) is 1. The van der Waals surface area contributed by atoms with Crippen molar-refractivity contribution in [2.24, 2.45) is 7.05 Å². The van der Waals surface area contributed by atoms with E-state index in [0.29, 0.717) is 5.88 Å². The van der Waals surface area contributed by atoms with Gasteiger partial charge < -0.3 is 9.67 Å². The van der Waals surface area contributed by atoms with Crippen LogP contribution in [0.1, 0.15) is 19.3 Å². The standard InChI is InChI=1S/C7H12.C5H7NO/c1-3-5-7-6-4-2;1-6-4-2-3-5(6)7/h3-4H,1-2,5-7H2;2-4,7H,1H3. The van der Waals surface area contributed by atoms with Crippen molar-refractivity contribution in [3.8, 4) is 5.88 Å². The highest BCUT2D eigenvalue weighted by Gasteiger charge is 1.85. The first kappa shape index (κ1) is 12.6. The average Bonchev–Trinajstić information content (AvgIpc) is 2.53. The highest BCUT2D eigenvalue weighted by atomic mass is 16.3. The Kier molecular flexibility index (Phi) is 7.33. The molecule has 1 aromatic rings. The third-order valence-corrected chi connectivity index (χ3v) is 1.73. The summed E-state index contributed by atoms with van der Waals surface area (Å²) in [6, 6.07) is 3.43. The molecule has 0 aliphatic carbocycles. The van der Waals surface area contributed by atoms with E-state index in [1.807, 2.05) is 12.2 Å². The van der Waals surface area contributed by atoms with E-state index in [4.69, 9.17) is 5.11 Å². The lowest BCUT2D eigenvalue weighted by molar-refractivity contribution is 0.432. The number of aryl methyl sites for hydroxylation is 1. The van der Waals surface area contributed by atoms with Gasteiger partial charge in [-0.3, -0.25) is 0 Å². The zero-order valence-electron chi connectivity index (χ0n) is 8.82. The predicted molar refractivity (Wildman–Crippen MR) is 61.3 cm³/mol. The van der Waals surface area contributed by atoms with Crippen LogP contribution in [0.5, 0.6) is 5.88 Å². The maximum atomic E-state index is 8.72. The molecule has 0 aliphatic heterocycles. The zero-order valence-corrected chi connectivity index (χ0v) is 8.82. The fraction of sp³-hybridized carbons (Fsp3) is 0.333. The van der Waals surface area contributed by atoms with E-state index in [2.05, 4.69) is 13.2 Å². The first-order valence-electron chi connectivity index (χ1n) is 4.74. The number of hydrogen-bond acceptors (Lipinski definition) is 1. The largest absolute Gasteiger partial charge is 0.494 e. The lowest BCUT2D eigenvalue weighted by Crippen LogP contribution is -1.79. The van der Waals surface area contributed by atoms with Crippen molar-refractivity contribution in [1.29, 1.82) is 0 Å². The van der Waals surface area contributed by atoms with Crippen molar-refractivity contribution in [1.82, 2.24) is 4.57 Å². The molecule has 0 amide bonds. The summed E-state index contributed by atoms with van der Waals surface area (Å²) in [5, 5.41) is 8.72. The van der Waals surface area contributed by atoms with Crippen LogP contribution in [-0.4, -0.2) is 9.67 Å². The van der Waals surface area contributed by atoms with Gasteiger partial charge in [0.1, 0.15) is 0 Å². The van der Waals surface area contributed by atoms with Gasteiger partial charge in [-0.15, -0.1) is 13.2 Å². The molecular weight excluding hydrogens is 174 g/mol. The monoisotopic (exact) mass is 193 g/mol. The van der Waals surface area contributed by atoms with E-state index in [1.54, 1.807) is 29.9 Å². The molecule has 1 rings (SSSR count). The van der Waals surface area contributed by atoms with Crippen molar-refractivity contribution < 1.29 is 5.11 Å². The summed E-state index contributed by atoms with van der Waals surface area (Å²) in [4.78, 5) is 0. The summed E-state index contributed by atoms with van der Waals surface area (Å²) in [7, 11) is 1.79. The minimum absolute atomic E-state index is 0.306. The zero-order chi connectivity index (χ0) is 10.8. The predicted octanol–water partition coefficient (Wildman–Crippen LogP) is 3.26. The van der Waals surface area contributed by atoms with Gasteiger partial charge in [0.05, 0.1) is 0 Å². The summed E-state index contributed by atoms with van der Waals surface area (Å²) >= 11 is 0. The number of allylic oxidation sites excluding steroid dienone is 2. The number of aromatic nitrogens is 1. The molecule has 0 bridgehead atoms. The van der Waals surface area contributed by atoms with Crippen LogP contribution in [0.3, 0.4) is 0 Å². The third kappa shape index (κ3) is 6.12. The Morgan fingerprint density at radius 2 is 1.93 bits per heavy atom. The molecule has 78 valence electrons. The van der Waals surface area contributed by atoms with E-state index in [-0.39, 0.29) is 0 Å². The van der Waals surface area contributed by atoms with Crippen LogP contribution in [0.15, 0.2) is 43.6 Å². The number of rotatable bonds is 4. The second kappa shape index (κ2) is 8.17. The fourth-order valence-corrected chi connectivity index (χ4v) is 0.859. The quantitative estimate of drug-likeness (QED) is 0.576. The smallest absolute Gasteiger partial charge is 0.190 e. The van der Waals surface area contributed by atoms with E-state index < -0.39 is 0 Å². The van der Waals surface area contributed by atoms with E-state index in [0.717, 1.165) is 12.8 Å². The maximum Gasteiger partial charge on any atom is 0.190 e. The highest BCUT2D eigenvalue weighted by molar-refractivity contribution is 5.09. The Morgan fingerprint density at radius 3 is 2.14 bits per heavy atom. The fourth-order valence-electron chi connectivity index (χ4n) is 0.859. The minimum Gasteiger partial charge on any atom is -0.494 e. The lowest BCUT2D eigenvalue weighted by Gasteiger charge is -1.88.